The van der Waals surface area contributed by atoms with Crippen LogP contribution >= 0.6 is 11.8 Å². The minimum Gasteiger partial charge on any atom is -0.290 e. The van der Waals surface area contributed by atoms with E-state index < -0.39 is 0 Å². The summed E-state index contributed by atoms with van der Waals surface area (Å²) in [7, 11) is 0. The Morgan fingerprint density at radius 3 is 2.67 bits per heavy atom. The van der Waals surface area contributed by atoms with Crippen molar-refractivity contribution in [1.29, 1.82) is 0 Å². The van der Waals surface area contributed by atoms with Gasteiger partial charge in [-0.2, -0.15) is 0 Å². The lowest BCUT2D eigenvalue weighted by atomic mass is 9.46. The first-order valence-electron chi connectivity index (χ1n) is 11.0. The van der Waals surface area contributed by atoms with Crippen LogP contribution in [0.25, 0.3) is 0 Å². The lowest BCUT2D eigenvalue weighted by Crippen LogP contribution is -2.50. The van der Waals surface area contributed by atoms with Gasteiger partial charge in [-0.1, -0.05) is 50.8 Å². The van der Waals surface area contributed by atoms with Crippen LogP contribution in [0.3, 0.4) is 0 Å². The highest BCUT2D eigenvalue weighted by molar-refractivity contribution is 8.04. The Labute approximate surface area is 184 Å². The van der Waals surface area contributed by atoms with Crippen molar-refractivity contribution in [1.82, 2.24) is 4.98 Å². The SMILES string of the molecule is C=C1CCC[C@H]2[C@](C)(CC3=C(Sc4ccccn4)C(=O)C=CC3=O)[C@@H](C)CC[C@]12C. The number of nitrogens with zero attached hydrogens (tertiary/aromatic N) is 1. The van der Waals surface area contributed by atoms with E-state index in [1.165, 1.54) is 48.7 Å². The quantitative estimate of drug-likeness (QED) is 0.421. The molecule has 0 radical (unpaired) electrons. The molecule has 4 heteroatoms. The van der Waals surface area contributed by atoms with Crippen molar-refractivity contribution in [2.75, 3.05) is 0 Å². The van der Waals surface area contributed by atoms with E-state index in [2.05, 4.69) is 32.3 Å². The van der Waals surface area contributed by atoms with E-state index in [9.17, 15) is 9.59 Å². The molecule has 1 heterocycles. The van der Waals surface area contributed by atoms with Crippen LogP contribution in [0, 0.1) is 22.7 Å². The van der Waals surface area contributed by atoms with Gasteiger partial charge in [0.25, 0.3) is 0 Å². The van der Waals surface area contributed by atoms with Gasteiger partial charge in [0.15, 0.2) is 11.6 Å². The van der Waals surface area contributed by atoms with Gasteiger partial charge in [-0.05, 0) is 85.5 Å². The van der Waals surface area contributed by atoms with Gasteiger partial charge in [0.1, 0.15) is 5.03 Å². The van der Waals surface area contributed by atoms with Crippen LogP contribution in [0.1, 0.15) is 59.3 Å². The summed E-state index contributed by atoms with van der Waals surface area (Å²) in [4.78, 5) is 30.8. The third-order valence-corrected chi connectivity index (χ3v) is 9.25. The molecule has 0 aromatic carbocycles. The van der Waals surface area contributed by atoms with E-state index >= 15 is 0 Å². The van der Waals surface area contributed by atoms with E-state index in [4.69, 9.17) is 0 Å². The summed E-state index contributed by atoms with van der Waals surface area (Å²) in [6.07, 6.45) is 11.0. The maximum atomic E-state index is 13.0. The number of fused-ring (bicyclic) bond motifs is 1. The lowest BCUT2D eigenvalue weighted by Gasteiger charge is -2.59. The van der Waals surface area contributed by atoms with E-state index in [1.807, 2.05) is 18.2 Å². The van der Waals surface area contributed by atoms with Crippen molar-refractivity contribution in [2.45, 2.75) is 64.3 Å². The zero-order valence-corrected chi connectivity index (χ0v) is 19.1. The molecule has 0 bridgehead atoms. The highest BCUT2D eigenvalue weighted by Gasteiger charge is 2.54. The molecule has 0 amide bonds. The number of ketones is 2. The van der Waals surface area contributed by atoms with Crippen LogP contribution in [0.4, 0.5) is 0 Å². The summed E-state index contributed by atoms with van der Waals surface area (Å²) in [5.41, 5.74) is 2.14. The molecule has 0 spiro atoms. The van der Waals surface area contributed by atoms with Crippen LogP contribution in [0.15, 0.2) is 64.2 Å². The summed E-state index contributed by atoms with van der Waals surface area (Å²) in [5, 5.41) is 0.749. The molecule has 1 aromatic heterocycles. The van der Waals surface area contributed by atoms with E-state index in [0.717, 1.165) is 17.9 Å². The van der Waals surface area contributed by atoms with Crippen LogP contribution in [-0.2, 0) is 9.59 Å². The molecule has 30 heavy (non-hydrogen) atoms. The van der Waals surface area contributed by atoms with Gasteiger partial charge < -0.3 is 0 Å². The number of aromatic nitrogens is 1. The molecular formula is C26H31NO2S. The zero-order chi connectivity index (χ0) is 21.5. The molecule has 0 saturated heterocycles. The van der Waals surface area contributed by atoms with Gasteiger partial charge in [0.2, 0.25) is 0 Å². The molecule has 4 rings (SSSR count). The third-order valence-electron chi connectivity index (χ3n) is 8.15. The number of hydrogen-bond acceptors (Lipinski definition) is 4. The van der Waals surface area contributed by atoms with Crippen molar-refractivity contribution in [2.24, 2.45) is 22.7 Å². The van der Waals surface area contributed by atoms with Crippen molar-refractivity contribution in [3.63, 3.8) is 0 Å². The van der Waals surface area contributed by atoms with Crippen molar-refractivity contribution >= 4 is 23.3 Å². The largest absolute Gasteiger partial charge is 0.290 e. The molecule has 3 aliphatic carbocycles. The highest BCUT2D eigenvalue weighted by Crippen LogP contribution is 2.63. The number of pyridine rings is 1. The molecule has 0 aliphatic heterocycles. The Kier molecular flexibility index (Phi) is 5.65. The fourth-order valence-corrected chi connectivity index (χ4v) is 6.96. The minimum atomic E-state index is -0.0804. The topological polar surface area (TPSA) is 47.0 Å². The minimum absolute atomic E-state index is 0.0247. The molecule has 2 saturated carbocycles. The van der Waals surface area contributed by atoms with Gasteiger partial charge >= 0.3 is 0 Å². The average molecular weight is 422 g/mol. The second kappa shape index (κ2) is 7.96. The summed E-state index contributed by atoms with van der Waals surface area (Å²) in [5.74, 6) is 0.868. The van der Waals surface area contributed by atoms with Crippen LogP contribution in [0.5, 0.6) is 0 Å². The average Bonchev–Trinajstić information content (AvgIpc) is 2.73. The van der Waals surface area contributed by atoms with Gasteiger partial charge in [-0.25, -0.2) is 4.98 Å². The molecule has 2 fully saturated rings. The summed E-state index contributed by atoms with van der Waals surface area (Å²) < 4.78 is 0. The molecule has 158 valence electrons. The Balaban J connectivity index is 1.74. The van der Waals surface area contributed by atoms with Crippen molar-refractivity contribution in [3.05, 3.63) is 59.2 Å². The number of rotatable bonds is 4. The molecule has 4 atom stereocenters. The van der Waals surface area contributed by atoms with Gasteiger partial charge in [0, 0.05) is 11.8 Å². The number of thioether (sulfide) groups is 1. The molecule has 0 unspecified atom stereocenters. The highest BCUT2D eigenvalue weighted by atomic mass is 32.2. The number of carbonyl (C=O) groups is 2. The monoisotopic (exact) mass is 421 g/mol. The van der Waals surface area contributed by atoms with Crippen molar-refractivity contribution < 1.29 is 9.59 Å². The van der Waals surface area contributed by atoms with E-state index in [1.54, 1.807) is 6.20 Å². The van der Waals surface area contributed by atoms with Crippen LogP contribution in [-0.4, -0.2) is 16.6 Å². The first-order valence-corrected chi connectivity index (χ1v) is 11.8. The van der Waals surface area contributed by atoms with E-state index in [0.29, 0.717) is 28.7 Å². The summed E-state index contributed by atoms with van der Waals surface area (Å²) in [6, 6.07) is 5.65. The molecule has 3 nitrogen and oxygen atoms in total. The molecule has 1 aromatic rings. The predicted molar refractivity (Wildman–Crippen MR) is 122 cm³/mol. The molecule has 0 N–H and O–H groups in total. The van der Waals surface area contributed by atoms with Gasteiger partial charge in [-0.15, -0.1) is 0 Å². The summed E-state index contributed by atoms with van der Waals surface area (Å²) >= 11 is 1.33. The molecular weight excluding hydrogens is 390 g/mol. The maximum absolute atomic E-state index is 13.0. The van der Waals surface area contributed by atoms with Crippen LogP contribution in [0.2, 0.25) is 0 Å². The zero-order valence-electron chi connectivity index (χ0n) is 18.2. The van der Waals surface area contributed by atoms with Crippen LogP contribution < -0.4 is 0 Å². The smallest absolute Gasteiger partial charge is 0.193 e. The second-order valence-electron chi connectivity index (χ2n) is 9.73. The Morgan fingerprint density at radius 2 is 1.93 bits per heavy atom. The van der Waals surface area contributed by atoms with Crippen molar-refractivity contribution in [3.8, 4) is 0 Å². The van der Waals surface area contributed by atoms with Gasteiger partial charge in [0.05, 0.1) is 4.91 Å². The Hall–Kier alpha value is -1.94. The fourth-order valence-electron chi connectivity index (χ4n) is 6.03. The normalized spacial score (nSPS) is 34.3. The molecule has 3 aliphatic rings. The Morgan fingerprint density at radius 1 is 1.17 bits per heavy atom. The van der Waals surface area contributed by atoms with E-state index in [-0.39, 0.29) is 22.4 Å². The Bertz CT molecular complexity index is 947. The fraction of sp³-hybridized carbons (Fsp3) is 0.500. The lowest BCUT2D eigenvalue weighted by molar-refractivity contribution is -0.115. The number of carbonyl (C=O) groups excluding carboxylic acids is 2. The first-order chi connectivity index (χ1) is 14.3. The standard InChI is InChI=1S/C26H31NO2S/c1-17-8-7-9-22-25(17,3)14-13-18(2)26(22,4)16-19-20(28)11-12-21(29)24(19)30-23-10-5-6-15-27-23/h5-6,10-12,15,18,22H,1,7-9,13-14,16H2,2-4H3/t18-,22+,25+,26+/m0/s1. The van der Waals surface area contributed by atoms with Gasteiger partial charge in [-0.3, -0.25) is 9.59 Å². The number of hydrogen-bond donors (Lipinski definition) is 0. The second-order valence-corrected chi connectivity index (χ2v) is 10.8. The maximum Gasteiger partial charge on any atom is 0.193 e. The number of allylic oxidation sites excluding steroid dienone is 5. The summed E-state index contributed by atoms with van der Waals surface area (Å²) in [6.45, 7) is 11.5. The third kappa shape index (κ3) is 3.53. The first kappa shape index (κ1) is 21.3. The predicted octanol–water partition coefficient (Wildman–Crippen LogP) is 6.32.